The molecule has 3 heterocycles. The van der Waals surface area contributed by atoms with Gasteiger partial charge in [-0.3, -0.25) is 9.48 Å². The number of piperazine rings is 1. The second-order valence-corrected chi connectivity index (χ2v) is 6.67. The Kier molecular flexibility index (Phi) is 5.02. The van der Waals surface area contributed by atoms with Gasteiger partial charge in [-0.05, 0) is 35.9 Å². The Morgan fingerprint density at radius 1 is 1.04 bits per heavy atom. The molecule has 0 radical (unpaired) electrons. The van der Waals surface area contributed by atoms with E-state index in [-0.39, 0.29) is 5.91 Å². The number of anilines is 1. The lowest BCUT2D eigenvalue weighted by Crippen LogP contribution is -2.49. The highest BCUT2D eigenvalue weighted by Crippen LogP contribution is 2.19. The third kappa shape index (κ3) is 3.71. The van der Waals surface area contributed by atoms with Crippen LogP contribution in [0.25, 0.3) is 0 Å². The van der Waals surface area contributed by atoms with Gasteiger partial charge in [-0.1, -0.05) is 12.1 Å². The standard InChI is InChI=1S/C21H20N6O/c22-15-19-3-1-8-23-20(19)25-11-13-26(14-12-25)21(28)18-6-4-17(5-7-18)16-27-10-2-9-24-27/h1-10H,11-14,16H2. The number of hydrogen-bond donors (Lipinski definition) is 0. The molecule has 4 rings (SSSR count). The highest BCUT2D eigenvalue weighted by atomic mass is 16.2. The van der Waals surface area contributed by atoms with Crippen molar-refractivity contribution in [1.29, 1.82) is 5.26 Å². The Labute approximate surface area is 163 Å². The van der Waals surface area contributed by atoms with Crippen LogP contribution >= 0.6 is 0 Å². The van der Waals surface area contributed by atoms with E-state index in [2.05, 4.69) is 21.1 Å². The van der Waals surface area contributed by atoms with Crippen molar-refractivity contribution in [3.63, 3.8) is 0 Å². The molecule has 0 N–H and O–H groups in total. The van der Waals surface area contributed by atoms with Crippen molar-refractivity contribution in [2.75, 3.05) is 31.1 Å². The maximum absolute atomic E-state index is 12.8. The van der Waals surface area contributed by atoms with Crippen LogP contribution in [0.4, 0.5) is 5.82 Å². The lowest BCUT2D eigenvalue weighted by molar-refractivity contribution is 0.0746. The summed E-state index contributed by atoms with van der Waals surface area (Å²) >= 11 is 0. The molecule has 2 aromatic heterocycles. The SMILES string of the molecule is N#Cc1cccnc1N1CCN(C(=O)c2ccc(Cn3cccn3)cc2)CC1. The first kappa shape index (κ1) is 17.7. The molecule has 0 aliphatic carbocycles. The molecule has 1 aromatic carbocycles. The molecule has 1 aliphatic rings. The summed E-state index contributed by atoms with van der Waals surface area (Å²) in [5.41, 5.74) is 2.35. The molecule has 7 nitrogen and oxygen atoms in total. The maximum atomic E-state index is 12.8. The molecule has 1 amide bonds. The van der Waals surface area contributed by atoms with Gasteiger partial charge in [-0.2, -0.15) is 10.4 Å². The van der Waals surface area contributed by atoms with E-state index in [0.29, 0.717) is 49.7 Å². The second-order valence-electron chi connectivity index (χ2n) is 6.67. The third-order valence-corrected chi connectivity index (χ3v) is 4.88. The molecular formula is C21H20N6O. The molecule has 0 spiro atoms. The van der Waals surface area contributed by atoms with Crippen molar-refractivity contribution in [2.45, 2.75) is 6.54 Å². The molecule has 3 aromatic rings. The number of carbonyl (C=O) groups excluding carboxylic acids is 1. The number of pyridine rings is 1. The normalized spacial score (nSPS) is 14.0. The van der Waals surface area contributed by atoms with E-state index in [1.54, 1.807) is 24.5 Å². The van der Waals surface area contributed by atoms with Gasteiger partial charge in [0.15, 0.2) is 0 Å². The van der Waals surface area contributed by atoms with Crippen molar-refractivity contribution in [1.82, 2.24) is 19.7 Å². The molecule has 0 saturated carbocycles. The number of aromatic nitrogens is 3. The zero-order valence-electron chi connectivity index (χ0n) is 15.4. The summed E-state index contributed by atoms with van der Waals surface area (Å²) in [6, 6.07) is 15.3. The van der Waals surface area contributed by atoms with Gasteiger partial charge < -0.3 is 9.80 Å². The zero-order chi connectivity index (χ0) is 19.3. The van der Waals surface area contributed by atoms with E-state index in [1.807, 2.05) is 46.1 Å². The lowest BCUT2D eigenvalue weighted by atomic mass is 10.1. The maximum Gasteiger partial charge on any atom is 0.253 e. The number of benzene rings is 1. The molecular weight excluding hydrogens is 352 g/mol. The van der Waals surface area contributed by atoms with Crippen molar-refractivity contribution in [3.05, 3.63) is 77.7 Å². The predicted octanol–water partition coefficient (Wildman–Crippen LogP) is 2.16. The molecule has 140 valence electrons. The summed E-state index contributed by atoms with van der Waals surface area (Å²) in [6.45, 7) is 3.22. The van der Waals surface area contributed by atoms with Crippen LogP contribution in [-0.2, 0) is 6.54 Å². The van der Waals surface area contributed by atoms with Crippen LogP contribution in [-0.4, -0.2) is 51.8 Å². The van der Waals surface area contributed by atoms with Crippen LogP contribution in [0.15, 0.2) is 61.1 Å². The Balaban J connectivity index is 1.38. The molecule has 7 heteroatoms. The monoisotopic (exact) mass is 372 g/mol. The van der Waals surface area contributed by atoms with Gasteiger partial charge in [0.2, 0.25) is 0 Å². The first-order valence-electron chi connectivity index (χ1n) is 9.20. The van der Waals surface area contributed by atoms with Crippen LogP contribution < -0.4 is 4.90 Å². The minimum Gasteiger partial charge on any atom is -0.352 e. The molecule has 1 saturated heterocycles. The van der Waals surface area contributed by atoms with Crippen LogP contribution in [0, 0.1) is 11.3 Å². The van der Waals surface area contributed by atoms with E-state index in [0.717, 1.165) is 5.56 Å². The topological polar surface area (TPSA) is 78.0 Å². The summed E-state index contributed by atoms with van der Waals surface area (Å²) in [5, 5.41) is 13.5. The summed E-state index contributed by atoms with van der Waals surface area (Å²) in [5.74, 6) is 0.729. The highest BCUT2D eigenvalue weighted by Gasteiger charge is 2.24. The molecule has 28 heavy (non-hydrogen) atoms. The van der Waals surface area contributed by atoms with E-state index in [1.165, 1.54) is 0 Å². The van der Waals surface area contributed by atoms with Crippen LogP contribution in [0.1, 0.15) is 21.5 Å². The van der Waals surface area contributed by atoms with E-state index in [4.69, 9.17) is 0 Å². The van der Waals surface area contributed by atoms with Crippen LogP contribution in [0.5, 0.6) is 0 Å². The number of amides is 1. The minimum absolute atomic E-state index is 0.0341. The Bertz CT molecular complexity index is 982. The van der Waals surface area contributed by atoms with Gasteiger partial charge >= 0.3 is 0 Å². The number of carbonyl (C=O) groups is 1. The second kappa shape index (κ2) is 7.92. The quantitative estimate of drug-likeness (QED) is 0.701. The fourth-order valence-corrected chi connectivity index (χ4v) is 3.37. The van der Waals surface area contributed by atoms with Crippen molar-refractivity contribution >= 4 is 11.7 Å². The zero-order valence-corrected chi connectivity index (χ0v) is 15.4. The summed E-state index contributed by atoms with van der Waals surface area (Å²) in [7, 11) is 0. The number of nitrogens with zero attached hydrogens (tertiary/aromatic N) is 6. The Morgan fingerprint density at radius 3 is 2.50 bits per heavy atom. The fourth-order valence-electron chi connectivity index (χ4n) is 3.37. The average molecular weight is 372 g/mol. The fraction of sp³-hybridized carbons (Fsp3) is 0.238. The first-order valence-corrected chi connectivity index (χ1v) is 9.20. The smallest absolute Gasteiger partial charge is 0.253 e. The Morgan fingerprint density at radius 2 is 1.82 bits per heavy atom. The summed E-state index contributed by atoms with van der Waals surface area (Å²) in [6.07, 6.45) is 5.36. The summed E-state index contributed by atoms with van der Waals surface area (Å²) < 4.78 is 1.85. The lowest BCUT2D eigenvalue weighted by Gasteiger charge is -2.35. The van der Waals surface area contributed by atoms with Crippen molar-refractivity contribution in [3.8, 4) is 6.07 Å². The van der Waals surface area contributed by atoms with Gasteiger partial charge in [0, 0.05) is 50.3 Å². The molecule has 0 bridgehead atoms. The number of rotatable bonds is 4. The van der Waals surface area contributed by atoms with E-state index < -0.39 is 0 Å². The molecule has 1 aliphatic heterocycles. The largest absolute Gasteiger partial charge is 0.352 e. The highest BCUT2D eigenvalue weighted by molar-refractivity contribution is 5.94. The molecule has 1 fully saturated rings. The first-order chi connectivity index (χ1) is 13.7. The minimum atomic E-state index is 0.0341. The number of hydrogen-bond acceptors (Lipinski definition) is 5. The average Bonchev–Trinajstić information content (AvgIpc) is 3.27. The van der Waals surface area contributed by atoms with Gasteiger partial charge in [-0.15, -0.1) is 0 Å². The van der Waals surface area contributed by atoms with E-state index in [9.17, 15) is 10.1 Å². The van der Waals surface area contributed by atoms with Crippen LogP contribution in [0.3, 0.4) is 0 Å². The molecule has 0 atom stereocenters. The van der Waals surface area contributed by atoms with Gasteiger partial charge in [0.05, 0.1) is 12.1 Å². The third-order valence-electron chi connectivity index (χ3n) is 4.88. The summed E-state index contributed by atoms with van der Waals surface area (Å²) in [4.78, 5) is 21.1. The van der Waals surface area contributed by atoms with Crippen molar-refractivity contribution in [2.24, 2.45) is 0 Å². The number of nitriles is 1. The van der Waals surface area contributed by atoms with Crippen LogP contribution in [0.2, 0.25) is 0 Å². The Hall–Kier alpha value is -3.66. The van der Waals surface area contributed by atoms with Crippen molar-refractivity contribution < 1.29 is 4.79 Å². The van der Waals surface area contributed by atoms with Gasteiger partial charge in [0.25, 0.3) is 5.91 Å². The van der Waals surface area contributed by atoms with Gasteiger partial charge in [0.1, 0.15) is 11.9 Å². The predicted molar refractivity (Wildman–Crippen MR) is 105 cm³/mol. The van der Waals surface area contributed by atoms with Gasteiger partial charge in [-0.25, -0.2) is 4.98 Å². The van der Waals surface area contributed by atoms with E-state index >= 15 is 0 Å². The molecule has 0 unspecified atom stereocenters.